The highest BCUT2D eigenvalue weighted by atomic mass is 15.3. The number of hydrogen-bond acceptors (Lipinski definition) is 3. The number of benzene rings is 1. The Labute approximate surface area is 107 Å². The van der Waals surface area contributed by atoms with Crippen molar-refractivity contribution in [1.29, 1.82) is 0 Å². The highest BCUT2D eigenvalue weighted by molar-refractivity contribution is 5.70. The third-order valence-corrected chi connectivity index (χ3v) is 3.65. The van der Waals surface area contributed by atoms with Gasteiger partial charge in [0.15, 0.2) is 0 Å². The van der Waals surface area contributed by atoms with Gasteiger partial charge in [0.05, 0.1) is 5.69 Å². The molecule has 0 saturated heterocycles. The maximum Gasteiger partial charge on any atom is 0.0682 e. The minimum Gasteiger partial charge on any atom is -0.399 e. The van der Waals surface area contributed by atoms with E-state index in [1.165, 1.54) is 16.7 Å². The van der Waals surface area contributed by atoms with Crippen LogP contribution in [0.5, 0.6) is 0 Å². The van der Waals surface area contributed by atoms with E-state index in [-0.39, 0.29) is 0 Å². The van der Waals surface area contributed by atoms with Crippen molar-refractivity contribution < 1.29 is 0 Å². The number of likely N-dealkylation sites (N-methyl/N-ethyl adjacent to an activating group) is 1. The molecular weight excluding hydrogens is 224 g/mol. The predicted octanol–water partition coefficient (Wildman–Crippen LogP) is 1.66. The van der Waals surface area contributed by atoms with Crippen molar-refractivity contribution >= 4 is 5.69 Å². The lowest BCUT2D eigenvalue weighted by Gasteiger charge is -2.27. The van der Waals surface area contributed by atoms with Crippen molar-refractivity contribution in [2.45, 2.75) is 13.0 Å². The van der Waals surface area contributed by atoms with Crippen LogP contribution in [-0.2, 0) is 20.0 Å². The zero-order chi connectivity index (χ0) is 12.7. The molecule has 0 spiro atoms. The van der Waals surface area contributed by atoms with Crippen molar-refractivity contribution in [2.75, 3.05) is 19.3 Å². The van der Waals surface area contributed by atoms with E-state index in [4.69, 9.17) is 5.73 Å². The molecule has 3 rings (SSSR count). The lowest BCUT2D eigenvalue weighted by molar-refractivity contribution is 0.313. The van der Waals surface area contributed by atoms with Gasteiger partial charge in [0, 0.05) is 37.6 Å². The molecule has 2 N–H and O–H groups in total. The Balaban J connectivity index is 2.18. The zero-order valence-electron chi connectivity index (χ0n) is 10.8. The van der Waals surface area contributed by atoms with Gasteiger partial charge >= 0.3 is 0 Å². The van der Waals surface area contributed by atoms with Crippen molar-refractivity contribution in [1.82, 2.24) is 14.7 Å². The SMILES string of the molecule is CN1CCc2c(cc(N)cc2-c2ccnn2C)C1. The van der Waals surface area contributed by atoms with E-state index in [1.807, 2.05) is 24.0 Å². The van der Waals surface area contributed by atoms with E-state index in [0.717, 1.165) is 30.9 Å². The fourth-order valence-corrected chi connectivity index (χ4v) is 2.73. The average molecular weight is 242 g/mol. The molecule has 4 heteroatoms. The monoisotopic (exact) mass is 242 g/mol. The number of anilines is 1. The first kappa shape index (κ1) is 11.3. The topological polar surface area (TPSA) is 47.1 Å². The first-order chi connectivity index (χ1) is 8.65. The van der Waals surface area contributed by atoms with Crippen LogP contribution in [0.4, 0.5) is 5.69 Å². The van der Waals surface area contributed by atoms with Crippen LogP contribution >= 0.6 is 0 Å². The zero-order valence-corrected chi connectivity index (χ0v) is 10.8. The molecule has 1 aliphatic heterocycles. The largest absolute Gasteiger partial charge is 0.399 e. The van der Waals surface area contributed by atoms with Crippen molar-refractivity contribution in [3.8, 4) is 11.3 Å². The second-order valence-corrected chi connectivity index (χ2v) is 5.03. The fourth-order valence-electron chi connectivity index (χ4n) is 2.73. The molecule has 0 aliphatic carbocycles. The molecule has 0 radical (unpaired) electrons. The molecule has 0 amide bonds. The highest BCUT2D eigenvalue weighted by Crippen LogP contribution is 2.31. The molecule has 18 heavy (non-hydrogen) atoms. The summed E-state index contributed by atoms with van der Waals surface area (Å²) in [5.74, 6) is 0. The lowest BCUT2D eigenvalue weighted by Crippen LogP contribution is -2.27. The molecule has 0 atom stereocenters. The first-order valence-corrected chi connectivity index (χ1v) is 6.23. The third kappa shape index (κ3) is 1.78. The molecule has 1 aliphatic rings. The number of aryl methyl sites for hydroxylation is 1. The van der Waals surface area contributed by atoms with Gasteiger partial charge in [-0.05, 0) is 42.8 Å². The maximum absolute atomic E-state index is 6.04. The summed E-state index contributed by atoms with van der Waals surface area (Å²) < 4.78 is 1.91. The van der Waals surface area contributed by atoms with Crippen LogP contribution in [0.3, 0.4) is 0 Å². The van der Waals surface area contributed by atoms with Crippen LogP contribution in [0.2, 0.25) is 0 Å². The summed E-state index contributed by atoms with van der Waals surface area (Å²) in [6, 6.07) is 6.22. The molecular formula is C14H18N4. The molecule has 0 unspecified atom stereocenters. The number of nitrogens with zero attached hydrogens (tertiary/aromatic N) is 3. The van der Waals surface area contributed by atoms with Gasteiger partial charge in [-0.1, -0.05) is 0 Å². The van der Waals surface area contributed by atoms with Crippen molar-refractivity contribution in [2.24, 2.45) is 7.05 Å². The standard InChI is InChI=1S/C14H18N4/c1-17-6-4-12-10(9-17)7-11(15)8-13(12)14-3-5-16-18(14)2/h3,5,7-8H,4,6,9,15H2,1-2H3. The third-order valence-electron chi connectivity index (χ3n) is 3.65. The van der Waals surface area contributed by atoms with E-state index in [0.29, 0.717) is 0 Å². The molecule has 1 aromatic heterocycles. The van der Waals surface area contributed by atoms with Crippen molar-refractivity contribution in [3.05, 3.63) is 35.5 Å². The summed E-state index contributed by atoms with van der Waals surface area (Å²) in [4.78, 5) is 2.33. The number of fused-ring (bicyclic) bond motifs is 1. The molecule has 2 heterocycles. The van der Waals surface area contributed by atoms with Crippen LogP contribution in [0.1, 0.15) is 11.1 Å². The smallest absolute Gasteiger partial charge is 0.0682 e. The van der Waals surface area contributed by atoms with Crippen LogP contribution in [-0.4, -0.2) is 28.3 Å². The quantitative estimate of drug-likeness (QED) is 0.774. The summed E-state index contributed by atoms with van der Waals surface area (Å²) in [6.07, 6.45) is 2.91. The average Bonchev–Trinajstić information content (AvgIpc) is 2.73. The summed E-state index contributed by atoms with van der Waals surface area (Å²) >= 11 is 0. The molecule has 4 nitrogen and oxygen atoms in total. The van der Waals surface area contributed by atoms with Gasteiger partial charge in [0.1, 0.15) is 0 Å². The number of nitrogens with two attached hydrogens (primary N) is 1. The Kier molecular flexibility index (Phi) is 2.59. The van der Waals surface area contributed by atoms with Gasteiger partial charge in [-0.25, -0.2) is 0 Å². The first-order valence-electron chi connectivity index (χ1n) is 6.23. The van der Waals surface area contributed by atoms with Gasteiger partial charge in [0.2, 0.25) is 0 Å². The normalized spacial score (nSPS) is 15.7. The molecule has 0 bridgehead atoms. The molecule has 0 saturated carbocycles. The van der Waals surface area contributed by atoms with Gasteiger partial charge in [-0.15, -0.1) is 0 Å². The summed E-state index contributed by atoms with van der Waals surface area (Å²) in [5.41, 5.74) is 12.0. The van der Waals surface area contributed by atoms with E-state index >= 15 is 0 Å². The Bertz CT molecular complexity index is 585. The fraction of sp³-hybridized carbons (Fsp3) is 0.357. The van der Waals surface area contributed by atoms with E-state index < -0.39 is 0 Å². The number of rotatable bonds is 1. The predicted molar refractivity (Wildman–Crippen MR) is 73.1 cm³/mol. The minimum atomic E-state index is 0.834. The van der Waals surface area contributed by atoms with E-state index in [1.54, 1.807) is 0 Å². The van der Waals surface area contributed by atoms with Gasteiger partial charge < -0.3 is 10.6 Å². The summed E-state index contributed by atoms with van der Waals surface area (Å²) in [6.45, 7) is 2.08. The Hall–Kier alpha value is -1.81. The van der Waals surface area contributed by atoms with Gasteiger partial charge in [-0.2, -0.15) is 5.10 Å². The van der Waals surface area contributed by atoms with Crippen LogP contribution in [0.15, 0.2) is 24.4 Å². The van der Waals surface area contributed by atoms with Crippen LogP contribution < -0.4 is 5.73 Å². The van der Waals surface area contributed by atoms with E-state index in [9.17, 15) is 0 Å². The Morgan fingerprint density at radius 1 is 1.28 bits per heavy atom. The minimum absolute atomic E-state index is 0.834. The van der Waals surface area contributed by atoms with Crippen LogP contribution in [0, 0.1) is 0 Å². The number of nitrogen functional groups attached to an aromatic ring is 1. The lowest BCUT2D eigenvalue weighted by atomic mass is 9.92. The maximum atomic E-state index is 6.04. The number of hydrogen-bond donors (Lipinski definition) is 1. The number of aromatic nitrogens is 2. The molecule has 94 valence electrons. The van der Waals surface area contributed by atoms with E-state index in [2.05, 4.69) is 29.2 Å². The molecule has 1 aromatic carbocycles. The Morgan fingerprint density at radius 3 is 2.83 bits per heavy atom. The molecule has 2 aromatic rings. The second-order valence-electron chi connectivity index (χ2n) is 5.03. The summed E-state index contributed by atoms with van der Waals surface area (Å²) in [7, 11) is 4.12. The van der Waals surface area contributed by atoms with Gasteiger partial charge in [-0.3, -0.25) is 4.68 Å². The van der Waals surface area contributed by atoms with Crippen molar-refractivity contribution in [3.63, 3.8) is 0 Å². The highest BCUT2D eigenvalue weighted by Gasteiger charge is 2.19. The summed E-state index contributed by atoms with van der Waals surface area (Å²) in [5, 5.41) is 4.25. The molecule has 0 fully saturated rings. The second kappa shape index (κ2) is 4.14. The van der Waals surface area contributed by atoms with Gasteiger partial charge in [0.25, 0.3) is 0 Å². The van der Waals surface area contributed by atoms with Crippen LogP contribution in [0.25, 0.3) is 11.3 Å². The Morgan fingerprint density at radius 2 is 2.11 bits per heavy atom.